The van der Waals surface area contributed by atoms with Crippen LogP contribution in [0.25, 0.3) is 0 Å². The lowest BCUT2D eigenvalue weighted by atomic mass is 9.79. The molecule has 1 unspecified atom stereocenters. The van der Waals surface area contributed by atoms with Gasteiger partial charge in [-0.15, -0.1) is 12.4 Å². The van der Waals surface area contributed by atoms with E-state index in [0.717, 1.165) is 32.4 Å². The van der Waals surface area contributed by atoms with Crippen LogP contribution in [0, 0.1) is 5.41 Å². The molecule has 1 aliphatic heterocycles. The van der Waals surface area contributed by atoms with Gasteiger partial charge < -0.3 is 10.6 Å². The first-order valence-electron chi connectivity index (χ1n) is 6.07. The van der Waals surface area contributed by atoms with Gasteiger partial charge in [0.25, 0.3) is 0 Å². The van der Waals surface area contributed by atoms with E-state index < -0.39 is 0 Å². The van der Waals surface area contributed by atoms with Crippen LogP contribution in [0.4, 0.5) is 0 Å². The number of rotatable bonds is 3. The topological polar surface area (TPSA) is 46.3 Å². The Morgan fingerprint density at radius 3 is 2.62 bits per heavy atom. The second-order valence-corrected chi connectivity index (χ2v) is 5.04. The molecule has 0 spiro atoms. The normalized spacial score (nSPS) is 27.1. The molecule has 0 aromatic carbocycles. The summed E-state index contributed by atoms with van der Waals surface area (Å²) in [4.78, 5) is 13.9. The molecule has 1 fully saturated rings. The highest BCUT2D eigenvalue weighted by Crippen LogP contribution is 2.32. The van der Waals surface area contributed by atoms with Crippen LogP contribution in [0.2, 0.25) is 0 Å². The maximum absolute atomic E-state index is 11.9. The van der Waals surface area contributed by atoms with E-state index in [0.29, 0.717) is 5.41 Å². The molecular weight excluding hydrogens is 224 g/mol. The van der Waals surface area contributed by atoms with Crippen LogP contribution >= 0.6 is 12.4 Å². The fourth-order valence-electron chi connectivity index (χ4n) is 2.20. The second kappa shape index (κ2) is 6.45. The first-order chi connectivity index (χ1) is 7.02. The van der Waals surface area contributed by atoms with E-state index in [1.165, 1.54) is 6.42 Å². The zero-order chi connectivity index (χ0) is 11.5. The molecular formula is C12H25ClN2O. The number of carbonyl (C=O) groups is 1. The Labute approximate surface area is 105 Å². The van der Waals surface area contributed by atoms with Gasteiger partial charge in [-0.25, -0.2) is 0 Å². The van der Waals surface area contributed by atoms with E-state index in [4.69, 9.17) is 5.73 Å². The second-order valence-electron chi connectivity index (χ2n) is 5.04. The molecule has 3 nitrogen and oxygen atoms in total. The maximum atomic E-state index is 11.9. The van der Waals surface area contributed by atoms with Gasteiger partial charge in [0.15, 0.2) is 0 Å². The van der Waals surface area contributed by atoms with Crippen molar-refractivity contribution in [2.45, 2.75) is 52.5 Å². The number of halogens is 1. The first kappa shape index (κ1) is 15.7. The highest BCUT2D eigenvalue weighted by atomic mass is 35.5. The lowest BCUT2D eigenvalue weighted by Gasteiger charge is -2.40. The van der Waals surface area contributed by atoms with Gasteiger partial charge in [0.2, 0.25) is 5.91 Å². The molecule has 1 amide bonds. The van der Waals surface area contributed by atoms with Crippen molar-refractivity contribution in [3.63, 3.8) is 0 Å². The summed E-state index contributed by atoms with van der Waals surface area (Å²) in [5.74, 6) is 0.136. The Balaban J connectivity index is 0.00000225. The lowest BCUT2D eigenvalue weighted by Crippen LogP contribution is -2.50. The van der Waals surface area contributed by atoms with Crippen molar-refractivity contribution in [2.24, 2.45) is 11.1 Å². The SMILES string of the molecule is CC[C@H](N)C(=O)N1CCCC(C)(CC)C1.Cl. The standard InChI is InChI=1S/C12H24N2O.ClH/c1-4-10(13)11(15)14-8-6-7-12(3,5-2)9-14;/h10H,4-9,13H2,1-3H3;1H/t10-,12?;/m0./s1. The van der Waals surface area contributed by atoms with E-state index in [2.05, 4.69) is 13.8 Å². The third-order valence-corrected chi connectivity index (χ3v) is 3.70. The third kappa shape index (κ3) is 3.63. The van der Waals surface area contributed by atoms with Crippen molar-refractivity contribution >= 4 is 18.3 Å². The molecule has 96 valence electrons. The van der Waals surface area contributed by atoms with Crippen molar-refractivity contribution in [1.29, 1.82) is 0 Å². The molecule has 0 aromatic heterocycles. The Bertz CT molecular complexity index is 235. The molecule has 1 saturated heterocycles. The fraction of sp³-hybridized carbons (Fsp3) is 0.917. The van der Waals surface area contributed by atoms with Crippen LogP contribution in [0.5, 0.6) is 0 Å². The fourth-order valence-corrected chi connectivity index (χ4v) is 2.20. The predicted octanol–water partition coefficient (Wildman–Crippen LogP) is 2.18. The Hall–Kier alpha value is -0.280. The van der Waals surface area contributed by atoms with E-state index in [9.17, 15) is 4.79 Å². The highest BCUT2D eigenvalue weighted by Gasteiger charge is 2.32. The number of amides is 1. The van der Waals surface area contributed by atoms with Crippen LogP contribution < -0.4 is 5.73 Å². The zero-order valence-corrected chi connectivity index (χ0v) is 11.5. The molecule has 1 rings (SSSR count). The molecule has 0 aliphatic carbocycles. The Kier molecular flexibility index (Phi) is 6.34. The Morgan fingerprint density at radius 2 is 2.12 bits per heavy atom. The quantitative estimate of drug-likeness (QED) is 0.832. The molecule has 1 aliphatic rings. The molecule has 0 radical (unpaired) electrons. The summed E-state index contributed by atoms with van der Waals surface area (Å²) >= 11 is 0. The molecule has 16 heavy (non-hydrogen) atoms. The minimum absolute atomic E-state index is 0. The monoisotopic (exact) mass is 248 g/mol. The summed E-state index contributed by atoms with van der Waals surface area (Å²) in [7, 11) is 0. The lowest BCUT2D eigenvalue weighted by molar-refractivity contribution is -0.136. The molecule has 1 heterocycles. The average molecular weight is 249 g/mol. The van der Waals surface area contributed by atoms with Crippen LogP contribution in [0.1, 0.15) is 46.5 Å². The highest BCUT2D eigenvalue weighted by molar-refractivity contribution is 5.85. The third-order valence-electron chi connectivity index (χ3n) is 3.70. The smallest absolute Gasteiger partial charge is 0.239 e. The van der Waals surface area contributed by atoms with Gasteiger partial charge in [-0.05, 0) is 31.1 Å². The predicted molar refractivity (Wildman–Crippen MR) is 69.7 cm³/mol. The molecule has 0 saturated carbocycles. The van der Waals surface area contributed by atoms with Crippen LogP contribution in [0.3, 0.4) is 0 Å². The first-order valence-corrected chi connectivity index (χ1v) is 6.07. The molecule has 0 aromatic rings. The average Bonchev–Trinajstić information content (AvgIpc) is 2.27. The zero-order valence-electron chi connectivity index (χ0n) is 10.7. The van der Waals surface area contributed by atoms with Gasteiger partial charge in [-0.1, -0.05) is 20.8 Å². The van der Waals surface area contributed by atoms with Gasteiger partial charge in [0.1, 0.15) is 0 Å². The molecule has 4 heteroatoms. The van der Waals surface area contributed by atoms with Crippen molar-refractivity contribution in [3.8, 4) is 0 Å². The van der Waals surface area contributed by atoms with Gasteiger partial charge in [-0.2, -0.15) is 0 Å². The van der Waals surface area contributed by atoms with Gasteiger partial charge >= 0.3 is 0 Å². The van der Waals surface area contributed by atoms with Crippen molar-refractivity contribution in [3.05, 3.63) is 0 Å². The summed E-state index contributed by atoms with van der Waals surface area (Å²) in [5.41, 5.74) is 6.09. The number of likely N-dealkylation sites (tertiary alicyclic amines) is 1. The van der Waals surface area contributed by atoms with Crippen molar-refractivity contribution in [2.75, 3.05) is 13.1 Å². The van der Waals surface area contributed by atoms with Gasteiger partial charge in [0, 0.05) is 13.1 Å². The number of carbonyl (C=O) groups excluding carboxylic acids is 1. The van der Waals surface area contributed by atoms with Gasteiger partial charge in [0.05, 0.1) is 6.04 Å². The number of nitrogens with two attached hydrogens (primary N) is 1. The summed E-state index contributed by atoms with van der Waals surface area (Å²) in [6, 6.07) is -0.302. The Morgan fingerprint density at radius 1 is 1.50 bits per heavy atom. The van der Waals surface area contributed by atoms with Crippen molar-refractivity contribution in [1.82, 2.24) is 4.90 Å². The largest absolute Gasteiger partial charge is 0.341 e. The van der Waals surface area contributed by atoms with E-state index in [1.807, 2.05) is 11.8 Å². The number of nitrogens with zero attached hydrogens (tertiary/aromatic N) is 1. The summed E-state index contributed by atoms with van der Waals surface area (Å²) < 4.78 is 0. The van der Waals surface area contributed by atoms with Crippen LogP contribution in [-0.4, -0.2) is 29.9 Å². The maximum Gasteiger partial charge on any atom is 0.239 e. The van der Waals surface area contributed by atoms with Crippen molar-refractivity contribution < 1.29 is 4.79 Å². The van der Waals surface area contributed by atoms with Crippen LogP contribution in [0.15, 0.2) is 0 Å². The molecule has 0 bridgehead atoms. The number of hydrogen-bond acceptors (Lipinski definition) is 2. The minimum atomic E-state index is -0.302. The van der Waals surface area contributed by atoms with E-state index in [-0.39, 0.29) is 24.4 Å². The number of hydrogen-bond donors (Lipinski definition) is 1. The van der Waals surface area contributed by atoms with Gasteiger partial charge in [-0.3, -0.25) is 4.79 Å². The molecule has 2 atom stereocenters. The summed E-state index contributed by atoms with van der Waals surface area (Å²) in [5, 5.41) is 0. The molecule has 2 N–H and O–H groups in total. The summed E-state index contributed by atoms with van der Waals surface area (Å²) in [6.07, 6.45) is 4.22. The van der Waals surface area contributed by atoms with Crippen LogP contribution in [-0.2, 0) is 4.79 Å². The van der Waals surface area contributed by atoms with E-state index in [1.54, 1.807) is 0 Å². The minimum Gasteiger partial charge on any atom is -0.341 e. The van der Waals surface area contributed by atoms with E-state index >= 15 is 0 Å². The summed E-state index contributed by atoms with van der Waals surface area (Å²) in [6.45, 7) is 8.21. The number of piperidine rings is 1.